The predicted molar refractivity (Wildman–Crippen MR) is 236 cm³/mol. The van der Waals surface area contributed by atoms with Crippen molar-refractivity contribution in [2.24, 2.45) is 11.8 Å². The van der Waals surface area contributed by atoms with E-state index in [0.717, 1.165) is 64.2 Å². The molecule has 16 nitrogen and oxygen atoms in total. The first kappa shape index (κ1) is 57.9. The number of unbranched alkanes of at least 4 members (excludes halogenated alkanes) is 14. The van der Waals surface area contributed by atoms with Gasteiger partial charge in [0.25, 0.3) is 0 Å². The number of hydrogen-bond acceptors (Lipinski definition) is 13. The fourth-order valence-corrected chi connectivity index (χ4v) is 7.95. The molecule has 0 aromatic carbocycles. The molecule has 1 fully saturated rings. The SMILES string of the molecule is CCCCCC/C=C\CCCCCCCCCC(=O)OC[C@H](COP(=O)(O)OC[C@@H](O)COP(=O)(O)O)OC(=O)CCC/C=C\C[C@H]1[C@@H](O)CC(=O)[C@@H]1/C=C/[C@@H](O)CCCCC. The number of phosphoric acid groups is 2. The highest BCUT2D eigenvalue weighted by Crippen LogP contribution is 2.44. The van der Waals surface area contributed by atoms with Crippen LogP contribution < -0.4 is 0 Å². The van der Waals surface area contributed by atoms with E-state index in [1.807, 2.05) is 12.2 Å². The molecule has 1 unspecified atom stereocenters. The number of hydrogen-bond donors (Lipinski definition) is 6. The molecular formula is C44H78O16P2. The molecule has 1 rings (SSSR count). The normalized spacial score (nSPS) is 19.7. The monoisotopic (exact) mass is 924 g/mol. The van der Waals surface area contributed by atoms with Crippen molar-refractivity contribution in [1.29, 1.82) is 0 Å². The number of ketones is 1. The Bertz CT molecular complexity index is 1400. The van der Waals surface area contributed by atoms with Crippen LogP contribution in [0.15, 0.2) is 36.5 Å². The Morgan fingerprint density at radius 2 is 1.24 bits per heavy atom. The van der Waals surface area contributed by atoms with Crippen LogP contribution in [0.2, 0.25) is 0 Å². The third-order valence-corrected chi connectivity index (χ3v) is 11.8. The van der Waals surface area contributed by atoms with Gasteiger partial charge >= 0.3 is 27.6 Å². The number of carbonyl (C=O) groups is 3. The van der Waals surface area contributed by atoms with E-state index in [2.05, 4.69) is 35.0 Å². The van der Waals surface area contributed by atoms with Crippen LogP contribution in [0.3, 0.4) is 0 Å². The minimum atomic E-state index is -4.90. The summed E-state index contributed by atoms with van der Waals surface area (Å²) in [5.41, 5.74) is 0. The molecule has 1 aliphatic rings. The second-order valence-electron chi connectivity index (χ2n) is 16.1. The van der Waals surface area contributed by atoms with Gasteiger partial charge in [-0.05, 0) is 57.8 Å². The van der Waals surface area contributed by atoms with Crippen LogP contribution in [0.5, 0.6) is 0 Å². The highest BCUT2D eigenvalue weighted by atomic mass is 31.2. The summed E-state index contributed by atoms with van der Waals surface area (Å²) >= 11 is 0. The average Bonchev–Trinajstić information content (AvgIpc) is 3.49. The molecule has 0 bridgehead atoms. The third kappa shape index (κ3) is 31.7. The van der Waals surface area contributed by atoms with E-state index < -0.39 is 84.3 Å². The predicted octanol–water partition coefficient (Wildman–Crippen LogP) is 8.26. The lowest BCUT2D eigenvalue weighted by atomic mass is 9.90. The summed E-state index contributed by atoms with van der Waals surface area (Å²) < 4.78 is 47.8. The standard InChI is InChI=1S/C44H78O16P2/c1-3-5-7-8-9-10-11-12-13-14-15-16-17-18-23-27-43(49)56-34-38(35-59-62(54,55)58-33-37(46)32-57-61(51,52)53)60-44(50)28-24-20-19-22-26-39-40(42(48)31-41(39)47)30-29-36(45)25-21-6-4-2/h10-11,19,22,29-30,36-41,45-47H,3-9,12-18,20-21,23-28,31-35H2,1-2H3,(H,54,55)(H2,51,52,53)/b11-10-,22-19-,30-29+/t36-,37-,38+,39+,40+,41-/m0/s1. The van der Waals surface area contributed by atoms with E-state index in [1.54, 1.807) is 12.2 Å². The Labute approximate surface area is 369 Å². The summed E-state index contributed by atoms with van der Waals surface area (Å²) in [5.74, 6) is -2.12. The summed E-state index contributed by atoms with van der Waals surface area (Å²) in [7, 11) is -9.78. The Hall–Kier alpha value is -2.07. The fraction of sp³-hybridized carbons (Fsp3) is 0.795. The van der Waals surface area contributed by atoms with E-state index in [9.17, 15) is 43.7 Å². The molecule has 7 atom stereocenters. The molecule has 0 spiro atoms. The molecule has 0 radical (unpaired) electrons. The maximum atomic E-state index is 12.8. The Kier molecular flexibility index (Phi) is 32.9. The van der Waals surface area contributed by atoms with Gasteiger partial charge in [0.05, 0.1) is 32.0 Å². The van der Waals surface area contributed by atoms with Crippen molar-refractivity contribution in [3.63, 3.8) is 0 Å². The number of aliphatic hydroxyl groups is 3. The first-order valence-corrected chi connectivity index (χ1v) is 25.8. The second-order valence-corrected chi connectivity index (χ2v) is 18.8. The van der Waals surface area contributed by atoms with Gasteiger partial charge < -0.3 is 39.5 Å². The molecule has 0 heterocycles. The number of aliphatic hydroxyl groups excluding tert-OH is 3. The number of ether oxygens (including phenoxy) is 2. The van der Waals surface area contributed by atoms with E-state index in [1.165, 1.54) is 32.1 Å². The number of rotatable bonds is 39. The van der Waals surface area contributed by atoms with Crippen molar-refractivity contribution in [2.75, 3.05) is 26.4 Å². The summed E-state index contributed by atoms with van der Waals surface area (Å²) in [4.78, 5) is 65.5. The summed E-state index contributed by atoms with van der Waals surface area (Å²) in [6.45, 7) is 1.33. The van der Waals surface area contributed by atoms with Crippen molar-refractivity contribution in [2.45, 2.75) is 186 Å². The number of allylic oxidation sites excluding steroid dienone is 5. The highest BCUT2D eigenvalue weighted by Gasteiger charge is 2.39. The van der Waals surface area contributed by atoms with Gasteiger partial charge in [0.2, 0.25) is 0 Å². The van der Waals surface area contributed by atoms with Crippen molar-refractivity contribution in [3.05, 3.63) is 36.5 Å². The largest absolute Gasteiger partial charge is 0.472 e. The smallest absolute Gasteiger partial charge is 0.462 e. The molecule has 1 aliphatic carbocycles. The number of esters is 2. The van der Waals surface area contributed by atoms with Crippen LogP contribution in [-0.4, -0.2) is 98.6 Å². The Morgan fingerprint density at radius 3 is 1.90 bits per heavy atom. The summed E-state index contributed by atoms with van der Waals surface area (Å²) in [6.07, 6.45) is 26.5. The third-order valence-electron chi connectivity index (χ3n) is 10.4. The Balaban J connectivity index is 2.57. The molecule has 0 aliphatic heterocycles. The second kappa shape index (κ2) is 35.2. The molecular weight excluding hydrogens is 846 g/mol. The first-order valence-electron chi connectivity index (χ1n) is 22.8. The van der Waals surface area contributed by atoms with Crippen LogP contribution in [0.1, 0.15) is 162 Å². The molecule has 0 aromatic rings. The molecule has 6 N–H and O–H groups in total. The maximum absolute atomic E-state index is 12.8. The van der Waals surface area contributed by atoms with Gasteiger partial charge in [-0.25, -0.2) is 9.13 Å². The van der Waals surface area contributed by atoms with Crippen LogP contribution in [0.25, 0.3) is 0 Å². The van der Waals surface area contributed by atoms with E-state index in [4.69, 9.17) is 23.8 Å². The zero-order valence-corrected chi connectivity index (χ0v) is 39.0. The van der Waals surface area contributed by atoms with E-state index in [0.29, 0.717) is 32.1 Å². The van der Waals surface area contributed by atoms with Crippen LogP contribution in [0.4, 0.5) is 0 Å². The van der Waals surface area contributed by atoms with Crippen molar-refractivity contribution in [3.8, 4) is 0 Å². The van der Waals surface area contributed by atoms with Gasteiger partial charge in [-0.2, -0.15) is 0 Å². The van der Waals surface area contributed by atoms with Crippen LogP contribution >= 0.6 is 15.6 Å². The lowest BCUT2D eigenvalue weighted by Gasteiger charge is -2.20. The molecule has 18 heteroatoms. The van der Waals surface area contributed by atoms with Crippen LogP contribution in [0, 0.1) is 11.8 Å². The first-order chi connectivity index (χ1) is 29.6. The molecule has 1 saturated carbocycles. The minimum Gasteiger partial charge on any atom is -0.462 e. The van der Waals surface area contributed by atoms with E-state index >= 15 is 0 Å². The fourth-order valence-electron chi connectivity index (χ4n) is 6.79. The van der Waals surface area contributed by atoms with Gasteiger partial charge in [0.15, 0.2) is 6.10 Å². The summed E-state index contributed by atoms with van der Waals surface area (Å²) in [6, 6.07) is 0. The number of phosphoric ester groups is 2. The molecule has 0 amide bonds. The topological polar surface area (TPSA) is 253 Å². The molecule has 360 valence electrons. The Morgan fingerprint density at radius 1 is 0.694 bits per heavy atom. The quantitative estimate of drug-likeness (QED) is 0.0147. The molecule has 0 aromatic heterocycles. The van der Waals surface area contributed by atoms with Crippen molar-refractivity contribution in [1.82, 2.24) is 0 Å². The van der Waals surface area contributed by atoms with E-state index in [-0.39, 0.29) is 31.0 Å². The zero-order valence-electron chi connectivity index (χ0n) is 37.2. The van der Waals surface area contributed by atoms with Crippen LogP contribution in [-0.2, 0) is 46.6 Å². The van der Waals surface area contributed by atoms with Crippen molar-refractivity contribution < 1.29 is 76.6 Å². The highest BCUT2D eigenvalue weighted by molar-refractivity contribution is 7.47. The maximum Gasteiger partial charge on any atom is 0.472 e. The number of carbonyl (C=O) groups excluding carboxylic acids is 3. The summed E-state index contributed by atoms with van der Waals surface area (Å²) in [5, 5.41) is 30.5. The minimum absolute atomic E-state index is 0.0532. The number of Topliss-reactive ketones (excluding diaryl/α,β-unsaturated/α-hetero) is 1. The average molecular weight is 925 g/mol. The van der Waals surface area contributed by atoms with Gasteiger partial charge in [-0.1, -0.05) is 121 Å². The lowest BCUT2D eigenvalue weighted by molar-refractivity contribution is -0.161. The van der Waals surface area contributed by atoms with Gasteiger partial charge in [0, 0.05) is 31.1 Å². The van der Waals surface area contributed by atoms with Gasteiger partial charge in [-0.3, -0.25) is 28.0 Å². The lowest BCUT2D eigenvalue weighted by Crippen LogP contribution is -2.29. The molecule has 62 heavy (non-hydrogen) atoms. The van der Waals surface area contributed by atoms with Crippen molar-refractivity contribution >= 4 is 33.4 Å². The van der Waals surface area contributed by atoms with Gasteiger partial charge in [0.1, 0.15) is 18.5 Å². The zero-order chi connectivity index (χ0) is 46.1. The van der Waals surface area contributed by atoms with Gasteiger partial charge in [-0.15, -0.1) is 0 Å². The molecule has 0 saturated heterocycles.